The molecule has 0 aliphatic heterocycles. The molecule has 116 valence electrons. The first kappa shape index (κ1) is 16.8. The van der Waals surface area contributed by atoms with Crippen molar-refractivity contribution in [3.8, 4) is 5.75 Å². The standard InChI is InChI=1S/C15H24N4O2/c1-4-19(5-2)15(16)17-9-10-21-14-8-6-7-13(11-14)18-12(3)20/h6-8,11H,4-5,9-10H2,1-3H3,(H2,16,17)(H,18,20). The third kappa shape index (κ3) is 6.16. The van der Waals surface area contributed by atoms with Crippen molar-refractivity contribution >= 4 is 17.6 Å². The van der Waals surface area contributed by atoms with Crippen molar-refractivity contribution in [2.45, 2.75) is 20.8 Å². The number of ether oxygens (including phenoxy) is 1. The Morgan fingerprint density at radius 1 is 1.38 bits per heavy atom. The van der Waals surface area contributed by atoms with Crippen LogP contribution in [0, 0.1) is 0 Å². The number of hydrogen-bond acceptors (Lipinski definition) is 3. The van der Waals surface area contributed by atoms with E-state index in [0.717, 1.165) is 13.1 Å². The molecule has 3 N–H and O–H groups in total. The van der Waals surface area contributed by atoms with E-state index in [4.69, 9.17) is 10.5 Å². The fourth-order valence-corrected chi connectivity index (χ4v) is 1.84. The molecule has 1 aromatic rings. The minimum absolute atomic E-state index is 0.108. The molecule has 0 bridgehead atoms. The number of guanidine groups is 1. The SMILES string of the molecule is CCN(CC)C(N)=NCCOc1cccc(NC(C)=O)c1. The molecule has 0 aliphatic carbocycles. The lowest BCUT2D eigenvalue weighted by atomic mass is 10.3. The van der Waals surface area contributed by atoms with Crippen LogP contribution in [0.5, 0.6) is 5.75 Å². The molecule has 21 heavy (non-hydrogen) atoms. The van der Waals surface area contributed by atoms with Gasteiger partial charge < -0.3 is 20.7 Å². The molecule has 0 aromatic heterocycles. The smallest absolute Gasteiger partial charge is 0.221 e. The number of anilines is 1. The van der Waals surface area contributed by atoms with Crippen LogP contribution in [0.4, 0.5) is 5.69 Å². The van der Waals surface area contributed by atoms with Gasteiger partial charge >= 0.3 is 0 Å². The van der Waals surface area contributed by atoms with Crippen LogP contribution in [0.15, 0.2) is 29.3 Å². The highest BCUT2D eigenvalue weighted by Crippen LogP contribution is 2.17. The van der Waals surface area contributed by atoms with Crippen LogP contribution < -0.4 is 15.8 Å². The summed E-state index contributed by atoms with van der Waals surface area (Å²) >= 11 is 0. The molecule has 6 nitrogen and oxygen atoms in total. The number of benzene rings is 1. The summed E-state index contributed by atoms with van der Waals surface area (Å²) in [5, 5.41) is 2.71. The second kappa shape index (κ2) is 8.84. The molecule has 0 atom stereocenters. The van der Waals surface area contributed by atoms with Gasteiger partial charge in [-0.25, -0.2) is 4.99 Å². The van der Waals surface area contributed by atoms with E-state index < -0.39 is 0 Å². The Labute approximate surface area is 126 Å². The first-order valence-electron chi connectivity index (χ1n) is 7.12. The zero-order chi connectivity index (χ0) is 15.7. The number of aliphatic imine (C=N–C) groups is 1. The minimum atomic E-state index is -0.108. The lowest BCUT2D eigenvalue weighted by molar-refractivity contribution is -0.114. The molecule has 0 fully saturated rings. The molecular formula is C15H24N4O2. The second-order valence-electron chi connectivity index (χ2n) is 4.47. The molecule has 0 spiro atoms. The van der Waals surface area contributed by atoms with Crippen molar-refractivity contribution in [1.82, 2.24) is 4.90 Å². The van der Waals surface area contributed by atoms with Crippen LogP contribution in [0.1, 0.15) is 20.8 Å². The van der Waals surface area contributed by atoms with Crippen LogP contribution >= 0.6 is 0 Å². The van der Waals surface area contributed by atoms with E-state index in [1.807, 2.05) is 36.9 Å². The Morgan fingerprint density at radius 3 is 2.71 bits per heavy atom. The molecule has 1 aromatic carbocycles. The van der Waals surface area contributed by atoms with Crippen LogP contribution in [0.25, 0.3) is 0 Å². The second-order valence-corrected chi connectivity index (χ2v) is 4.47. The maximum Gasteiger partial charge on any atom is 0.221 e. The number of carbonyl (C=O) groups excluding carboxylic acids is 1. The Morgan fingerprint density at radius 2 is 2.10 bits per heavy atom. The number of nitrogens with zero attached hydrogens (tertiary/aromatic N) is 2. The zero-order valence-electron chi connectivity index (χ0n) is 12.9. The van der Waals surface area contributed by atoms with Gasteiger partial charge in [0.15, 0.2) is 5.96 Å². The number of rotatable bonds is 7. The predicted octanol–water partition coefficient (Wildman–Crippen LogP) is 1.68. The number of carbonyl (C=O) groups is 1. The molecule has 6 heteroatoms. The van der Waals surface area contributed by atoms with E-state index in [2.05, 4.69) is 10.3 Å². The Bertz CT molecular complexity index is 484. The van der Waals surface area contributed by atoms with Crippen LogP contribution in [-0.2, 0) is 4.79 Å². The first-order chi connectivity index (χ1) is 10.1. The fourth-order valence-electron chi connectivity index (χ4n) is 1.84. The van der Waals surface area contributed by atoms with Crippen molar-refractivity contribution in [3.05, 3.63) is 24.3 Å². The maximum atomic E-state index is 11.0. The summed E-state index contributed by atoms with van der Waals surface area (Å²) in [6.45, 7) is 8.15. The minimum Gasteiger partial charge on any atom is -0.492 e. The van der Waals surface area contributed by atoms with Crippen molar-refractivity contribution in [1.29, 1.82) is 0 Å². The van der Waals surface area contributed by atoms with Crippen LogP contribution in [-0.4, -0.2) is 43.0 Å². The van der Waals surface area contributed by atoms with E-state index in [-0.39, 0.29) is 5.91 Å². The van der Waals surface area contributed by atoms with Crippen LogP contribution in [0.3, 0.4) is 0 Å². The van der Waals surface area contributed by atoms with E-state index in [1.54, 1.807) is 6.07 Å². The largest absolute Gasteiger partial charge is 0.492 e. The highest BCUT2D eigenvalue weighted by atomic mass is 16.5. The van der Waals surface area contributed by atoms with Gasteiger partial charge in [-0.15, -0.1) is 0 Å². The van der Waals surface area contributed by atoms with Gasteiger partial charge in [-0.2, -0.15) is 0 Å². The quantitative estimate of drug-likeness (QED) is 0.455. The van der Waals surface area contributed by atoms with E-state index >= 15 is 0 Å². The molecule has 0 saturated carbocycles. The summed E-state index contributed by atoms with van der Waals surface area (Å²) < 4.78 is 5.59. The number of amides is 1. The monoisotopic (exact) mass is 292 g/mol. The zero-order valence-corrected chi connectivity index (χ0v) is 12.9. The Hall–Kier alpha value is -2.24. The van der Waals surface area contributed by atoms with Gasteiger partial charge in [-0.05, 0) is 26.0 Å². The van der Waals surface area contributed by atoms with Gasteiger partial charge in [-0.3, -0.25) is 4.79 Å². The summed E-state index contributed by atoms with van der Waals surface area (Å²) in [4.78, 5) is 17.3. The number of nitrogens with one attached hydrogen (secondary N) is 1. The molecule has 0 aliphatic rings. The Kier molecular flexibility index (Phi) is 7.08. The van der Waals surface area contributed by atoms with Gasteiger partial charge in [-0.1, -0.05) is 6.07 Å². The van der Waals surface area contributed by atoms with Crippen molar-refractivity contribution in [2.75, 3.05) is 31.6 Å². The highest BCUT2D eigenvalue weighted by molar-refractivity contribution is 5.88. The number of nitrogens with two attached hydrogens (primary N) is 1. The predicted molar refractivity (Wildman–Crippen MR) is 85.7 cm³/mol. The molecular weight excluding hydrogens is 268 g/mol. The van der Waals surface area contributed by atoms with Crippen molar-refractivity contribution < 1.29 is 9.53 Å². The van der Waals surface area contributed by atoms with Gasteiger partial charge in [0.05, 0.1) is 6.54 Å². The topological polar surface area (TPSA) is 79.9 Å². The molecule has 0 saturated heterocycles. The van der Waals surface area contributed by atoms with Gasteiger partial charge in [0, 0.05) is 31.8 Å². The van der Waals surface area contributed by atoms with Gasteiger partial charge in [0.25, 0.3) is 0 Å². The third-order valence-electron chi connectivity index (χ3n) is 2.88. The molecule has 0 heterocycles. The summed E-state index contributed by atoms with van der Waals surface area (Å²) in [6.07, 6.45) is 0. The van der Waals surface area contributed by atoms with Crippen LogP contribution in [0.2, 0.25) is 0 Å². The summed E-state index contributed by atoms with van der Waals surface area (Å²) in [5.74, 6) is 1.12. The molecule has 0 unspecified atom stereocenters. The summed E-state index contributed by atoms with van der Waals surface area (Å²) in [7, 11) is 0. The normalized spacial score (nSPS) is 11.1. The fraction of sp³-hybridized carbons (Fsp3) is 0.467. The van der Waals surface area contributed by atoms with E-state index in [9.17, 15) is 4.79 Å². The van der Waals surface area contributed by atoms with Gasteiger partial charge in [0.1, 0.15) is 12.4 Å². The van der Waals surface area contributed by atoms with Crippen molar-refractivity contribution in [2.24, 2.45) is 10.7 Å². The third-order valence-corrected chi connectivity index (χ3v) is 2.88. The molecule has 0 radical (unpaired) electrons. The van der Waals surface area contributed by atoms with E-state index in [1.165, 1.54) is 6.92 Å². The average Bonchev–Trinajstić information content (AvgIpc) is 2.44. The average molecular weight is 292 g/mol. The van der Waals surface area contributed by atoms with E-state index in [0.29, 0.717) is 30.5 Å². The lowest BCUT2D eigenvalue weighted by Crippen LogP contribution is -2.37. The first-order valence-corrected chi connectivity index (χ1v) is 7.12. The number of hydrogen-bond donors (Lipinski definition) is 2. The molecule has 1 rings (SSSR count). The Balaban J connectivity index is 2.45. The van der Waals surface area contributed by atoms with Crippen molar-refractivity contribution in [3.63, 3.8) is 0 Å². The summed E-state index contributed by atoms with van der Waals surface area (Å²) in [5.41, 5.74) is 6.58. The lowest BCUT2D eigenvalue weighted by Gasteiger charge is -2.19. The molecule has 1 amide bonds. The summed E-state index contributed by atoms with van der Waals surface area (Å²) in [6, 6.07) is 7.25. The maximum absolute atomic E-state index is 11.0. The van der Waals surface area contributed by atoms with Gasteiger partial charge in [0.2, 0.25) is 5.91 Å². The highest BCUT2D eigenvalue weighted by Gasteiger charge is 2.02.